The van der Waals surface area contributed by atoms with Crippen molar-refractivity contribution in [3.63, 3.8) is 0 Å². The first-order chi connectivity index (χ1) is 7.18. The van der Waals surface area contributed by atoms with Crippen LogP contribution in [0.3, 0.4) is 0 Å². The molecule has 0 bridgehead atoms. The summed E-state index contributed by atoms with van der Waals surface area (Å²) in [5, 5.41) is 4.37. The molecule has 0 unspecified atom stereocenters. The smallest absolute Gasteiger partial charge is 0.0724 e. The average Bonchev–Trinajstić information content (AvgIpc) is 2.70. The third kappa shape index (κ3) is 1.13. The van der Waals surface area contributed by atoms with Crippen LogP contribution in [0.4, 0.5) is 0 Å². The maximum Gasteiger partial charge on any atom is 0.0724 e. The van der Waals surface area contributed by atoms with E-state index < -0.39 is 0 Å². The van der Waals surface area contributed by atoms with Crippen LogP contribution >= 0.6 is 11.3 Å². The summed E-state index contributed by atoms with van der Waals surface area (Å²) in [6.07, 6.45) is 4.35. The fourth-order valence-corrected chi connectivity index (χ4v) is 3.70. The topological polar surface area (TPSA) is 17.8 Å². The van der Waals surface area contributed by atoms with Crippen LogP contribution in [0.2, 0.25) is 0 Å². The Bertz CT molecular complexity index is 534. The van der Waals surface area contributed by atoms with Crippen LogP contribution < -0.4 is 0 Å². The molecule has 0 atom stereocenters. The largest absolute Gasteiger partial charge is 0.268 e. The van der Waals surface area contributed by atoms with Crippen LogP contribution in [0.5, 0.6) is 0 Å². The van der Waals surface area contributed by atoms with Crippen LogP contribution in [-0.2, 0) is 19.9 Å². The second-order valence-electron chi connectivity index (χ2n) is 4.21. The molecule has 3 heteroatoms. The van der Waals surface area contributed by atoms with Gasteiger partial charge in [0.15, 0.2) is 0 Å². The molecule has 2 aromatic rings. The lowest BCUT2D eigenvalue weighted by molar-refractivity contribution is 0.771. The molecule has 0 N–H and O–H groups in total. The maximum absolute atomic E-state index is 4.37. The average molecular weight is 218 g/mol. The molecule has 0 saturated carbocycles. The summed E-state index contributed by atoms with van der Waals surface area (Å²) in [6, 6.07) is 0. The molecule has 0 saturated heterocycles. The van der Waals surface area contributed by atoms with Gasteiger partial charge in [0.25, 0.3) is 0 Å². The highest BCUT2D eigenvalue weighted by atomic mass is 32.1. The number of rotatable bonds is 0. The van der Waals surface area contributed by atoms with Crippen molar-refractivity contribution in [2.45, 2.75) is 26.7 Å². The molecule has 2 heterocycles. The summed E-state index contributed by atoms with van der Waals surface area (Å²) in [4.78, 5) is 2.92. The molecule has 1 aliphatic rings. The Morgan fingerprint density at radius 2 is 2.07 bits per heavy atom. The molecule has 2 nitrogen and oxygen atoms in total. The molecule has 0 spiro atoms. The first kappa shape index (κ1) is 9.16. The van der Waals surface area contributed by atoms with Crippen molar-refractivity contribution in [1.82, 2.24) is 9.78 Å². The molecule has 2 aromatic heterocycles. The third-order valence-corrected chi connectivity index (χ3v) is 4.34. The van der Waals surface area contributed by atoms with E-state index in [0.29, 0.717) is 0 Å². The lowest BCUT2D eigenvalue weighted by atomic mass is 9.91. The molecule has 0 amide bonds. The quantitative estimate of drug-likeness (QED) is 0.665. The molecule has 1 aliphatic carbocycles. The zero-order chi connectivity index (χ0) is 10.6. The Balaban J connectivity index is 2.37. The van der Waals surface area contributed by atoms with Gasteiger partial charge in [-0.05, 0) is 37.8 Å². The summed E-state index contributed by atoms with van der Waals surface area (Å²) in [5.74, 6) is 0. The van der Waals surface area contributed by atoms with E-state index in [4.69, 9.17) is 0 Å². The first-order valence-corrected chi connectivity index (χ1v) is 6.10. The van der Waals surface area contributed by atoms with Crippen molar-refractivity contribution in [3.8, 4) is 11.3 Å². The van der Waals surface area contributed by atoms with Gasteiger partial charge in [-0.15, -0.1) is 11.3 Å². The lowest BCUT2D eigenvalue weighted by Crippen LogP contribution is -2.05. The molecule has 0 radical (unpaired) electrons. The van der Waals surface area contributed by atoms with Crippen molar-refractivity contribution in [3.05, 3.63) is 27.1 Å². The molecule has 78 valence electrons. The highest BCUT2D eigenvalue weighted by Crippen LogP contribution is 2.41. The van der Waals surface area contributed by atoms with Gasteiger partial charge in [-0.25, -0.2) is 0 Å². The number of fused-ring (bicyclic) bond motifs is 3. The van der Waals surface area contributed by atoms with E-state index in [9.17, 15) is 0 Å². The minimum atomic E-state index is 1.15. The zero-order valence-electron chi connectivity index (χ0n) is 9.29. The second-order valence-corrected chi connectivity index (χ2v) is 5.64. The van der Waals surface area contributed by atoms with Crippen LogP contribution in [-0.4, -0.2) is 9.78 Å². The van der Waals surface area contributed by atoms with E-state index in [0.717, 1.165) is 6.42 Å². The summed E-state index contributed by atoms with van der Waals surface area (Å²) < 4.78 is 2.02. The Morgan fingerprint density at radius 1 is 1.27 bits per heavy atom. The summed E-state index contributed by atoms with van der Waals surface area (Å²) in [7, 11) is 2.04. The number of hydrogen-bond donors (Lipinski definition) is 0. The normalized spacial score (nSPS) is 13.8. The van der Waals surface area contributed by atoms with E-state index in [1.807, 2.05) is 29.3 Å². The van der Waals surface area contributed by atoms with Crippen molar-refractivity contribution in [2.24, 2.45) is 7.05 Å². The van der Waals surface area contributed by atoms with Crippen molar-refractivity contribution in [1.29, 1.82) is 0 Å². The summed E-state index contributed by atoms with van der Waals surface area (Å²) in [5.41, 5.74) is 5.76. The monoisotopic (exact) mass is 218 g/mol. The van der Waals surface area contributed by atoms with Crippen LogP contribution in [0.15, 0.2) is 6.20 Å². The SMILES string of the molecule is Cc1sc(C)c2c1CCc1cnn(C)c1-2. The van der Waals surface area contributed by atoms with Crippen molar-refractivity contribution in [2.75, 3.05) is 0 Å². The van der Waals surface area contributed by atoms with Gasteiger partial charge >= 0.3 is 0 Å². The van der Waals surface area contributed by atoms with Gasteiger partial charge in [-0.2, -0.15) is 5.10 Å². The molecular weight excluding hydrogens is 204 g/mol. The molecule has 3 rings (SSSR count). The van der Waals surface area contributed by atoms with Crippen LogP contribution in [0, 0.1) is 13.8 Å². The predicted octanol–water partition coefficient (Wildman–Crippen LogP) is 2.86. The third-order valence-electron chi connectivity index (χ3n) is 3.28. The highest BCUT2D eigenvalue weighted by Gasteiger charge is 2.24. The molecule has 0 fully saturated rings. The lowest BCUT2D eigenvalue weighted by Gasteiger charge is -2.15. The Hall–Kier alpha value is -1.09. The predicted molar refractivity (Wildman–Crippen MR) is 63.4 cm³/mol. The van der Waals surface area contributed by atoms with E-state index >= 15 is 0 Å². The number of aromatic nitrogens is 2. The number of thiophene rings is 1. The first-order valence-electron chi connectivity index (χ1n) is 5.28. The van der Waals surface area contributed by atoms with E-state index in [1.54, 1.807) is 5.56 Å². The van der Waals surface area contributed by atoms with Gasteiger partial charge in [0.1, 0.15) is 0 Å². The summed E-state index contributed by atoms with van der Waals surface area (Å²) in [6.45, 7) is 4.45. The summed E-state index contributed by atoms with van der Waals surface area (Å²) >= 11 is 1.92. The molecule has 0 aliphatic heterocycles. The van der Waals surface area contributed by atoms with Gasteiger partial charge in [-0.1, -0.05) is 0 Å². The number of hydrogen-bond acceptors (Lipinski definition) is 2. The maximum atomic E-state index is 4.37. The van der Waals surface area contributed by atoms with E-state index in [2.05, 4.69) is 18.9 Å². The Labute approximate surface area is 93.6 Å². The minimum absolute atomic E-state index is 1.15. The van der Waals surface area contributed by atoms with Gasteiger partial charge in [-0.3, -0.25) is 4.68 Å². The minimum Gasteiger partial charge on any atom is -0.268 e. The van der Waals surface area contributed by atoms with Gasteiger partial charge in [0.05, 0.1) is 11.9 Å². The molecule has 0 aromatic carbocycles. The Morgan fingerprint density at radius 3 is 2.87 bits per heavy atom. The molecule has 15 heavy (non-hydrogen) atoms. The van der Waals surface area contributed by atoms with Gasteiger partial charge in [0.2, 0.25) is 0 Å². The van der Waals surface area contributed by atoms with Gasteiger partial charge in [0, 0.05) is 22.4 Å². The fraction of sp³-hybridized carbons (Fsp3) is 0.417. The second kappa shape index (κ2) is 2.95. The van der Waals surface area contributed by atoms with Crippen molar-refractivity contribution >= 4 is 11.3 Å². The Kier molecular flexibility index (Phi) is 1.80. The fourth-order valence-electron chi connectivity index (χ4n) is 2.59. The van der Waals surface area contributed by atoms with E-state index in [1.165, 1.54) is 33.0 Å². The van der Waals surface area contributed by atoms with Crippen molar-refractivity contribution < 1.29 is 0 Å². The van der Waals surface area contributed by atoms with Crippen LogP contribution in [0.1, 0.15) is 20.9 Å². The molecular formula is C12H14N2S. The zero-order valence-corrected chi connectivity index (χ0v) is 10.1. The number of nitrogens with zero attached hydrogens (tertiary/aromatic N) is 2. The van der Waals surface area contributed by atoms with E-state index in [-0.39, 0.29) is 0 Å². The number of aryl methyl sites for hydroxylation is 4. The highest BCUT2D eigenvalue weighted by molar-refractivity contribution is 7.12. The van der Waals surface area contributed by atoms with Gasteiger partial charge < -0.3 is 0 Å². The standard InChI is InChI=1S/C12H14N2S/c1-7-10-5-4-9-6-13-14(3)12(9)11(10)8(2)15-7/h6H,4-5H2,1-3H3. The van der Waals surface area contributed by atoms with Crippen LogP contribution in [0.25, 0.3) is 11.3 Å².